The van der Waals surface area contributed by atoms with Crippen molar-refractivity contribution in [3.05, 3.63) is 28.6 Å². The van der Waals surface area contributed by atoms with E-state index in [1.54, 1.807) is 6.20 Å². The van der Waals surface area contributed by atoms with Crippen molar-refractivity contribution in [2.45, 2.75) is 38.6 Å². The maximum absolute atomic E-state index is 11.3. The Kier molecular flexibility index (Phi) is 4.15. The van der Waals surface area contributed by atoms with Gasteiger partial charge in [-0.3, -0.25) is 10.1 Å². The third kappa shape index (κ3) is 2.97. The van der Waals surface area contributed by atoms with E-state index in [0.29, 0.717) is 29.6 Å². The van der Waals surface area contributed by atoms with Crippen LogP contribution in [-0.4, -0.2) is 20.9 Å². The van der Waals surface area contributed by atoms with Crippen molar-refractivity contribution in [1.82, 2.24) is 9.97 Å². The van der Waals surface area contributed by atoms with Gasteiger partial charge in [-0.15, -0.1) is 0 Å². The van der Waals surface area contributed by atoms with Crippen LogP contribution in [-0.2, 0) is 0 Å². The van der Waals surface area contributed by atoms with Crippen LogP contribution < -0.4 is 5.32 Å². The lowest BCUT2D eigenvalue weighted by atomic mass is 10.0. The van der Waals surface area contributed by atoms with E-state index in [4.69, 9.17) is 5.26 Å². The van der Waals surface area contributed by atoms with Crippen LogP contribution in [0.2, 0.25) is 0 Å². The van der Waals surface area contributed by atoms with Gasteiger partial charge in [0.25, 0.3) is 0 Å². The van der Waals surface area contributed by atoms with Crippen molar-refractivity contribution in [1.29, 1.82) is 5.26 Å². The topological polar surface area (TPSA) is 108 Å². The molecular weight excluding hydrogens is 294 g/mol. The second-order valence-corrected chi connectivity index (χ2v) is 6.28. The summed E-state index contributed by atoms with van der Waals surface area (Å²) in [5, 5.41) is 24.2. The molecule has 0 radical (unpaired) electrons. The fraction of sp³-hybridized carbons (Fsp3) is 0.500. The molecular formula is C16H19N5O2. The molecule has 23 heavy (non-hydrogen) atoms. The molecule has 2 heterocycles. The molecule has 1 saturated carbocycles. The maximum atomic E-state index is 11.3. The number of hydrogen-bond donors (Lipinski definition) is 2. The zero-order valence-corrected chi connectivity index (χ0v) is 13.0. The van der Waals surface area contributed by atoms with Crippen molar-refractivity contribution in [3.8, 4) is 6.07 Å². The van der Waals surface area contributed by atoms with E-state index in [2.05, 4.69) is 28.3 Å². The van der Waals surface area contributed by atoms with Crippen molar-refractivity contribution >= 4 is 22.4 Å². The van der Waals surface area contributed by atoms with Crippen LogP contribution in [0.5, 0.6) is 0 Å². The molecule has 3 unspecified atom stereocenters. The molecule has 0 aromatic carbocycles. The van der Waals surface area contributed by atoms with Gasteiger partial charge in [-0.1, -0.05) is 6.92 Å². The summed E-state index contributed by atoms with van der Waals surface area (Å²) < 4.78 is 0. The number of nitriles is 1. The molecule has 0 spiro atoms. The number of rotatable bonds is 5. The molecule has 0 bridgehead atoms. The standard InChI is InChI=1S/C16H19N5O2/c1-10-7-11(3-2-5-17)8-13(10)20-15-12-4-6-18-16(12)19-9-14(15)21(22)23/h4,6,9-11,13H,2-3,7-8H2,1H3,(H2,18,19,20). The van der Waals surface area contributed by atoms with E-state index >= 15 is 0 Å². The summed E-state index contributed by atoms with van der Waals surface area (Å²) in [5.74, 6) is 0.921. The maximum Gasteiger partial charge on any atom is 0.311 e. The minimum atomic E-state index is -0.394. The van der Waals surface area contributed by atoms with Gasteiger partial charge in [0.15, 0.2) is 0 Å². The normalized spacial score (nSPS) is 23.7. The summed E-state index contributed by atoms with van der Waals surface area (Å²) in [6.07, 6.45) is 6.50. The van der Waals surface area contributed by atoms with Gasteiger partial charge in [0.05, 0.1) is 11.0 Å². The van der Waals surface area contributed by atoms with Crippen LogP contribution in [0, 0.1) is 33.3 Å². The van der Waals surface area contributed by atoms with E-state index in [-0.39, 0.29) is 11.7 Å². The largest absolute Gasteiger partial charge is 0.376 e. The molecule has 7 heteroatoms. The van der Waals surface area contributed by atoms with Crippen LogP contribution in [0.15, 0.2) is 18.5 Å². The highest BCUT2D eigenvalue weighted by Crippen LogP contribution is 2.39. The van der Waals surface area contributed by atoms with Gasteiger partial charge >= 0.3 is 5.69 Å². The summed E-state index contributed by atoms with van der Waals surface area (Å²) in [4.78, 5) is 18.0. The molecule has 3 rings (SSSR count). The predicted molar refractivity (Wildman–Crippen MR) is 86.9 cm³/mol. The highest BCUT2D eigenvalue weighted by atomic mass is 16.6. The number of fused-ring (bicyclic) bond motifs is 1. The molecule has 2 aromatic rings. The molecule has 1 aliphatic rings. The first-order valence-corrected chi connectivity index (χ1v) is 7.84. The van der Waals surface area contributed by atoms with E-state index in [0.717, 1.165) is 24.6 Å². The first kappa shape index (κ1) is 15.3. The molecule has 1 fully saturated rings. The van der Waals surface area contributed by atoms with E-state index in [9.17, 15) is 10.1 Å². The van der Waals surface area contributed by atoms with Gasteiger partial charge in [-0.05, 0) is 37.2 Å². The van der Waals surface area contributed by atoms with E-state index < -0.39 is 4.92 Å². The third-order valence-electron chi connectivity index (χ3n) is 4.74. The first-order chi connectivity index (χ1) is 11.1. The SMILES string of the molecule is CC1CC(CCC#N)CC1Nc1c([N+](=O)[O-])cnc2[nH]ccc12. The Morgan fingerprint density at radius 3 is 3.13 bits per heavy atom. The molecule has 0 amide bonds. The van der Waals surface area contributed by atoms with Gasteiger partial charge in [-0.2, -0.15) is 5.26 Å². The quantitative estimate of drug-likeness (QED) is 0.647. The number of nitro groups is 1. The van der Waals surface area contributed by atoms with Crippen molar-refractivity contribution in [2.75, 3.05) is 5.32 Å². The average Bonchev–Trinajstić information content (AvgIpc) is 3.12. The number of H-pyrrole nitrogens is 1. The Hall–Kier alpha value is -2.62. The number of aromatic nitrogens is 2. The average molecular weight is 313 g/mol. The molecule has 2 aromatic heterocycles. The van der Waals surface area contributed by atoms with Crippen LogP contribution >= 0.6 is 0 Å². The Labute approximate surface area is 133 Å². The number of aromatic amines is 1. The number of hydrogen-bond acceptors (Lipinski definition) is 5. The summed E-state index contributed by atoms with van der Waals surface area (Å²) in [6.45, 7) is 2.16. The molecule has 3 atom stereocenters. The fourth-order valence-electron chi connectivity index (χ4n) is 3.56. The summed E-state index contributed by atoms with van der Waals surface area (Å²) in [5.41, 5.74) is 1.19. The molecule has 1 aliphatic carbocycles. The molecule has 0 saturated heterocycles. The molecule has 0 aliphatic heterocycles. The number of anilines is 1. The third-order valence-corrected chi connectivity index (χ3v) is 4.74. The van der Waals surface area contributed by atoms with Gasteiger partial charge in [-0.25, -0.2) is 4.98 Å². The van der Waals surface area contributed by atoms with Crippen LogP contribution in [0.1, 0.15) is 32.6 Å². The second kappa shape index (κ2) is 6.24. The van der Waals surface area contributed by atoms with Gasteiger partial charge in [0.2, 0.25) is 0 Å². The summed E-state index contributed by atoms with van der Waals surface area (Å²) >= 11 is 0. The predicted octanol–water partition coefficient (Wildman–Crippen LogP) is 3.60. The fourth-order valence-corrected chi connectivity index (χ4v) is 3.56. The number of nitrogens with one attached hydrogen (secondary N) is 2. The van der Waals surface area contributed by atoms with Crippen molar-refractivity contribution < 1.29 is 4.92 Å². The Bertz CT molecular complexity index is 763. The second-order valence-electron chi connectivity index (χ2n) is 6.28. The van der Waals surface area contributed by atoms with E-state index in [1.807, 2.05) is 6.07 Å². The van der Waals surface area contributed by atoms with Crippen LogP contribution in [0.3, 0.4) is 0 Å². The zero-order chi connectivity index (χ0) is 16.4. The highest BCUT2D eigenvalue weighted by Gasteiger charge is 2.33. The van der Waals surface area contributed by atoms with Crippen molar-refractivity contribution in [2.24, 2.45) is 11.8 Å². The molecule has 7 nitrogen and oxygen atoms in total. The molecule has 2 N–H and O–H groups in total. The Balaban J connectivity index is 1.86. The number of pyridine rings is 1. The van der Waals surface area contributed by atoms with Crippen LogP contribution in [0.4, 0.5) is 11.4 Å². The van der Waals surface area contributed by atoms with Gasteiger partial charge in [0.1, 0.15) is 17.5 Å². The first-order valence-electron chi connectivity index (χ1n) is 7.84. The van der Waals surface area contributed by atoms with Crippen molar-refractivity contribution in [3.63, 3.8) is 0 Å². The van der Waals surface area contributed by atoms with Gasteiger partial charge < -0.3 is 10.3 Å². The smallest absolute Gasteiger partial charge is 0.311 e. The molecule has 120 valence electrons. The van der Waals surface area contributed by atoms with Gasteiger partial charge in [0, 0.05) is 24.0 Å². The minimum Gasteiger partial charge on any atom is -0.376 e. The summed E-state index contributed by atoms with van der Waals surface area (Å²) in [7, 11) is 0. The summed E-state index contributed by atoms with van der Waals surface area (Å²) in [6, 6.07) is 4.19. The minimum absolute atomic E-state index is 0.00442. The Morgan fingerprint density at radius 2 is 2.39 bits per heavy atom. The van der Waals surface area contributed by atoms with E-state index in [1.165, 1.54) is 6.20 Å². The lowest BCUT2D eigenvalue weighted by Gasteiger charge is -2.19. The zero-order valence-electron chi connectivity index (χ0n) is 13.0. The highest BCUT2D eigenvalue weighted by molar-refractivity contribution is 5.94. The lowest BCUT2D eigenvalue weighted by molar-refractivity contribution is -0.384. The lowest BCUT2D eigenvalue weighted by Crippen LogP contribution is -2.22. The Morgan fingerprint density at radius 1 is 1.57 bits per heavy atom. The monoisotopic (exact) mass is 313 g/mol. The van der Waals surface area contributed by atoms with Crippen LogP contribution in [0.25, 0.3) is 11.0 Å². The number of nitrogens with zero attached hydrogens (tertiary/aromatic N) is 3.